The van der Waals surface area contributed by atoms with Gasteiger partial charge in [-0.05, 0) is 51.4 Å². The zero-order valence-electron chi connectivity index (χ0n) is 19.2. The third kappa shape index (κ3) is 3.42. The van der Waals surface area contributed by atoms with Crippen LogP contribution >= 0.6 is 0 Å². The Morgan fingerprint density at radius 2 is 0.556 bits per heavy atom. The van der Waals surface area contributed by atoms with E-state index in [1.165, 1.54) is 0 Å². The second-order valence-electron chi connectivity index (χ2n) is 8.01. The van der Waals surface area contributed by atoms with Crippen LogP contribution in [0.3, 0.4) is 0 Å². The lowest BCUT2D eigenvalue weighted by Gasteiger charge is -2.42. The predicted octanol–water partition coefficient (Wildman–Crippen LogP) is 5.53. The van der Waals surface area contributed by atoms with Crippen LogP contribution in [-0.2, 0) is 18.6 Å². The minimum atomic E-state index is -0.452. The van der Waals surface area contributed by atoms with Crippen LogP contribution in [0.1, 0.15) is 107 Å². The summed E-state index contributed by atoms with van der Waals surface area (Å²) in [6.07, 6.45) is 7.51. The normalized spacial score (nSPS) is 24.9. The molecule has 2 fully saturated rings. The molecule has 2 aliphatic rings. The summed E-state index contributed by atoms with van der Waals surface area (Å²) in [5, 5.41) is 0. The minimum Gasteiger partial charge on any atom is -0.405 e. The van der Waals surface area contributed by atoms with E-state index in [0.29, 0.717) is 0 Å². The molecule has 0 amide bonds. The highest BCUT2D eigenvalue weighted by molar-refractivity contribution is 7.11. The fraction of sp³-hybridized carbons (Fsp3) is 1.00. The van der Waals surface area contributed by atoms with Crippen molar-refractivity contribution in [2.24, 2.45) is 0 Å². The van der Waals surface area contributed by atoms with Crippen LogP contribution in [0.5, 0.6) is 0 Å². The van der Waals surface area contributed by atoms with Crippen LogP contribution in [0.2, 0.25) is 0 Å². The highest BCUT2D eigenvalue weighted by Gasteiger charge is 2.68. The standard InChI is InChI=1S/C20H40B2O4.H3N/c1-9-17(10-2)18(11-3,12-4)24-21(23-17)22-25-19(13-5,14-6)20(15-7,16-8)26-22;/h9-16H2,1-8H3;1H3. The van der Waals surface area contributed by atoms with Crippen LogP contribution in [0, 0.1) is 0 Å². The molecular formula is C20H43B2NO4. The summed E-state index contributed by atoms with van der Waals surface area (Å²) >= 11 is 0. The molecule has 0 aromatic carbocycles. The van der Waals surface area contributed by atoms with Gasteiger partial charge in [-0.25, -0.2) is 0 Å². The number of rotatable bonds is 9. The Balaban J connectivity index is 0.00000364. The Kier molecular flexibility index (Phi) is 8.48. The van der Waals surface area contributed by atoms with E-state index >= 15 is 0 Å². The van der Waals surface area contributed by atoms with Gasteiger partial charge in [0.05, 0.1) is 22.4 Å². The third-order valence-electron chi connectivity index (χ3n) is 7.82. The molecule has 0 atom stereocenters. The van der Waals surface area contributed by atoms with Gasteiger partial charge in [0, 0.05) is 0 Å². The summed E-state index contributed by atoms with van der Waals surface area (Å²) in [7, 11) is -0.903. The van der Waals surface area contributed by atoms with Gasteiger partial charge in [-0.2, -0.15) is 0 Å². The summed E-state index contributed by atoms with van der Waals surface area (Å²) in [4.78, 5) is 0. The fourth-order valence-corrected chi connectivity index (χ4v) is 5.83. The maximum atomic E-state index is 6.62. The van der Waals surface area contributed by atoms with Crippen LogP contribution in [0.15, 0.2) is 0 Å². The summed E-state index contributed by atoms with van der Waals surface area (Å²) in [6, 6.07) is 0. The highest BCUT2D eigenvalue weighted by Crippen LogP contribution is 2.52. The van der Waals surface area contributed by atoms with Crippen LogP contribution in [0.4, 0.5) is 0 Å². The second kappa shape index (κ2) is 9.17. The van der Waals surface area contributed by atoms with Gasteiger partial charge in [0.15, 0.2) is 0 Å². The second-order valence-corrected chi connectivity index (χ2v) is 8.01. The first-order valence-corrected chi connectivity index (χ1v) is 11.1. The van der Waals surface area contributed by atoms with E-state index in [1.54, 1.807) is 0 Å². The van der Waals surface area contributed by atoms with Gasteiger partial charge < -0.3 is 24.8 Å². The molecule has 0 radical (unpaired) electrons. The molecule has 2 heterocycles. The molecule has 0 unspecified atom stereocenters. The van der Waals surface area contributed by atoms with Crippen molar-refractivity contribution in [3.63, 3.8) is 0 Å². The zero-order chi connectivity index (χ0) is 19.6. The van der Waals surface area contributed by atoms with Gasteiger partial charge in [-0.15, -0.1) is 0 Å². The van der Waals surface area contributed by atoms with Crippen molar-refractivity contribution in [3.05, 3.63) is 0 Å². The molecule has 0 bridgehead atoms. The average Bonchev–Trinajstić information content (AvgIpc) is 3.22. The monoisotopic (exact) mass is 383 g/mol. The first kappa shape index (κ1) is 25.0. The van der Waals surface area contributed by atoms with Gasteiger partial charge in [0.25, 0.3) is 0 Å². The SMILES string of the molecule is CCC1(CC)OB(B2OC(CC)(CC)C(CC)(CC)O2)OC1(CC)CC.N. The largest absolute Gasteiger partial charge is 0.489 e. The summed E-state index contributed by atoms with van der Waals surface area (Å²) in [6.45, 7) is 17.6. The molecule has 2 rings (SSSR count). The number of hydrogen-bond acceptors (Lipinski definition) is 5. The molecule has 2 aliphatic heterocycles. The van der Waals surface area contributed by atoms with E-state index in [1.807, 2.05) is 0 Å². The molecule has 0 spiro atoms. The summed E-state index contributed by atoms with van der Waals surface area (Å²) in [5.41, 5.74) is -1.06. The third-order valence-corrected chi connectivity index (χ3v) is 7.82. The van der Waals surface area contributed by atoms with E-state index in [-0.39, 0.29) is 28.6 Å². The molecule has 2 saturated heterocycles. The predicted molar refractivity (Wildman–Crippen MR) is 114 cm³/mol. The molecule has 158 valence electrons. The quantitative estimate of drug-likeness (QED) is 0.530. The lowest BCUT2D eigenvalue weighted by Crippen LogP contribution is -2.50. The molecule has 0 aromatic rings. The van der Waals surface area contributed by atoms with Crippen molar-refractivity contribution in [1.29, 1.82) is 0 Å². The molecule has 27 heavy (non-hydrogen) atoms. The van der Waals surface area contributed by atoms with Gasteiger partial charge in [0.2, 0.25) is 0 Å². The van der Waals surface area contributed by atoms with Gasteiger partial charge in [-0.3, -0.25) is 0 Å². The molecule has 0 aromatic heterocycles. The molecule has 0 aliphatic carbocycles. The molecule has 5 nitrogen and oxygen atoms in total. The van der Waals surface area contributed by atoms with Crippen molar-refractivity contribution in [1.82, 2.24) is 6.15 Å². The van der Waals surface area contributed by atoms with E-state index in [4.69, 9.17) is 18.6 Å². The molecule has 0 saturated carbocycles. The van der Waals surface area contributed by atoms with Crippen LogP contribution in [-0.4, -0.2) is 36.4 Å². The van der Waals surface area contributed by atoms with Gasteiger partial charge in [-0.1, -0.05) is 55.4 Å². The molecule has 7 heteroatoms. The Bertz CT molecular complexity index is 379. The molecular weight excluding hydrogens is 340 g/mol. The Morgan fingerprint density at radius 3 is 0.667 bits per heavy atom. The smallest absolute Gasteiger partial charge is 0.405 e. The van der Waals surface area contributed by atoms with E-state index in [0.717, 1.165) is 51.4 Å². The van der Waals surface area contributed by atoms with Gasteiger partial charge >= 0.3 is 14.0 Å². The van der Waals surface area contributed by atoms with Crippen molar-refractivity contribution in [2.75, 3.05) is 0 Å². The maximum absolute atomic E-state index is 6.62. The Morgan fingerprint density at radius 1 is 0.407 bits per heavy atom. The first-order valence-electron chi connectivity index (χ1n) is 11.1. The van der Waals surface area contributed by atoms with Crippen molar-refractivity contribution < 1.29 is 18.6 Å². The lowest BCUT2D eigenvalue weighted by atomic mass is 9.49. The van der Waals surface area contributed by atoms with Crippen molar-refractivity contribution in [2.45, 2.75) is 129 Å². The maximum Gasteiger partial charge on any atom is 0.489 e. The van der Waals surface area contributed by atoms with E-state index < -0.39 is 14.0 Å². The minimum absolute atomic E-state index is 0. The summed E-state index contributed by atoms with van der Waals surface area (Å²) in [5.74, 6) is 0. The topological polar surface area (TPSA) is 71.9 Å². The first-order chi connectivity index (χ1) is 12.4. The van der Waals surface area contributed by atoms with E-state index in [2.05, 4.69) is 55.4 Å². The van der Waals surface area contributed by atoms with E-state index in [9.17, 15) is 0 Å². The Labute approximate surface area is 168 Å². The molecule has 3 N–H and O–H groups in total. The van der Waals surface area contributed by atoms with Gasteiger partial charge in [0.1, 0.15) is 0 Å². The van der Waals surface area contributed by atoms with Crippen molar-refractivity contribution >= 4 is 14.0 Å². The Hall–Kier alpha value is -0.0701. The zero-order valence-corrected chi connectivity index (χ0v) is 19.2. The van der Waals surface area contributed by atoms with Crippen molar-refractivity contribution in [3.8, 4) is 0 Å². The highest BCUT2D eigenvalue weighted by atomic mass is 16.7. The average molecular weight is 383 g/mol. The fourth-order valence-electron chi connectivity index (χ4n) is 5.83. The van der Waals surface area contributed by atoms with Crippen LogP contribution in [0.25, 0.3) is 0 Å². The number of hydrogen-bond donors (Lipinski definition) is 1. The van der Waals surface area contributed by atoms with Crippen LogP contribution < -0.4 is 6.15 Å². The summed E-state index contributed by atoms with van der Waals surface area (Å²) < 4.78 is 26.5. The lowest BCUT2D eigenvalue weighted by molar-refractivity contribution is -0.0601.